The molecule has 0 radical (unpaired) electrons. The summed E-state index contributed by atoms with van der Waals surface area (Å²) >= 11 is 0. The highest BCUT2D eigenvalue weighted by Gasteiger charge is 2.27. The number of cyclic esters (lactones) is 1. The highest BCUT2D eigenvalue weighted by atomic mass is 17.0. The molecule has 0 unspecified atom stereocenters. The van der Waals surface area contributed by atoms with Gasteiger partial charge in [-0.3, -0.25) is 0 Å². The Hall–Kier alpha value is -3.95. The smallest absolute Gasteiger partial charge is 0.339 e. The van der Waals surface area contributed by atoms with Crippen molar-refractivity contribution in [2.45, 2.75) is 13.2 Å². The molecule has 0 atom stereocenters. The lowest BCUT2D eigenvalue weighted by Gasteiger charge is -2.07. The van der Waals surface area contributed by atoms with Crippen LogP contribution in [0.1, 0.15) is 22.3 Å². The first-order valence-corrected chi connectivity index (χ1v) is 8.07. The molecule has 1 aliphatic rings. The van der Waals surface area contributed by atoms with Crippen molar-refractivity contribution in [3.05, 3.63) is 91.0 Å². The number of carbonyl (C=O) groups excluding carboxylic acids is 1. The van der Waals surface area contributed by atoms with E-state index in [2.05, 4.69) is 9.68 Å². The molecule has 0 spiro atoms. The molecule has 144 valence electrons. The summed E-state index contributed by atoms with van der Waals surface area (Å²) in [6.07, 6.45) is 0. The standard InChI is InChI=1S/C18H14N2O8/c21-18-17(15-7-3-13(4-8-15)10-28-20(24)25)16(11-26-18)14-5-1-12(2-6-14)9-27-19(22)23/h1-8H,9-11H2. The predicted molar refractivity (Wildman–Crippen MR) is 94.2 cm³/mol. The van der Waals surface area contributed by atoms with E-state index in [-0.39, 0.29) is 19.8 Å². The number of benzene rings is 2. The number of carbonyl (C=O) groups is 1. The van der Waals surface area contributed by atoms with Crippen molar-refractivity contribution < 1.29 is 29.4 Å². The van der Waals surface area contributed by atoms with Crippen LogP contribution in [0.5, 0.6) is 0 Å². The Balaban J connectivity index is 1.83. The number of nitrogens with zero attached hydrogens (tertiary/aromatic N) is 2. The Morgan fingerprint density at radius 2 is 1.29 bits per heavy atom. The summed E-state index contributed by atoms with van der Waals surface area (Å²) in [5.74, 6) is -0.468. The third kappa shape index (κ3) is 4.41. The molecule has 3 rings (SSSR count). The van der Waals surface area contributed by atoms with Crippen LogP contribution < -0.4 is 0 Å². The quantitative estimate of drug-likeness (QED) is 0.384. The summed E-state index contributed by atoms with van der Waals surface area (Å²) in [4.78, 5) is 41.4. The van der Waals surface area contributed by atoms with Crippen molar-refractivity contribution in [3.8, 4) is 0 Å². The van der Waals surface area contributed by atoms with Gasteiger partial charge >= 0.3 is 5.97 Å². The van der Waals surface area contributed by atoms with Gasteiger partial charge in [0.1, 0.15) is 19.8 Å². The van der Waals surface area contributed by atoms with Crippen LogP contribution in [0, 0.1) is 20.2 Å². The summed E-state index contributed by atoms with van der Waals surface area (Å²) < 4.78 is 5.16. The molecule has 1 heterocycles. The van der Waals surface area contributed by atoms with Gasteiger partial charge in [0, 0.05) is 5.57 Å². The number of rotatable bonds is 8. The van der Waals surface area contributed by atoms with E-state index < -0.39 is 16.1 Å². The van der Waals surface area contributed by atoms with Gasteiger partial charge in [0.25, 0.3) is 10.2 Å². The van der Waals surface area contributed by atoms with Crippen LogP contribution in [0.4, 0.5) is 0 Å². The second kappa shape index (κ2) is 8.16. The van der Waals surface area contributed by atoms with Crippen molar-refractivity contribution >= 4 is 17.1 Å². The molecule has 0 aromatic heterocycles. The van der Waals surface area contributed by atoms with Gasteiger partial charge in [0.2, 0.25) is 0 Å². The van der Waals surface area contributed by atoms with Gasteiger partial charge < -0.3 is 14.4 Å². The summed E-state index contributed by atoms with van der Waals surface area (Å²) in [5, 5.41) is 18.8. The van der Waals surface area contributed by atoms with Gasteiger partial charge in [-0.1, -0.05) is 48.5 Å². The second-order valence-corrected chi connectivity index (χ2v) is 5.82. The fourth-order valence-electron chi connectivity index (χ4n) is 2.75. The van der Waals surface area contributed by atoms with Crippen LogP contribution in [0.25, 0.3) is 11.1 Å². The molecule has 0 amide bonds. The summed E-state index contributed by atoms with van der Waals surface area (Å²) in [6, 6.07) is 13.4. The van der Waals surface area contributed by atoms with Gasteiger partial charge in [-0.25, -0.2) is 4.79 Å². The SMILES string of the molecule is O=C1OCC(c2ccc(CO[N+](=O)[O-])cc2)=C1c1ccc(CO[N+](=O)[O-])cc1. The molecule has 0 saturated heterocycles. The molecular weight excluding hydrogens is 372 g/mol. The average molecular weight is 386 g/mol. The van der Waals surface area contributed by atoms with Gasteiger partial charge in [0.05, 0.1) is 5.57 Å². The average Bonchev–Trinajstić information content (AvgIpc) is 3.07. The minimum Gasteiger partial charge on any atom is -0.457 e. The van der Waals surface area contributed by atoms with E-state index in [9.17, 15) is 25.0 Å². The summed E-state index contributed by atoms with van der Waals surface area (Å²) in [5.41, 5.74) is 3.64. The molecule has 0 bridgehead atoms. The Bertz CT molecular complexity index is 935. The van der Waals surface area contributed by atoms with Crippen molar-refractivity contribution in [1.29, 1.82) is 0 Å². The van der Waals surface area contributed by atoms with Crippen molar-refractivity contribution in [2.24, 2.45) is 0 Å². The monoisotopic (exact) mass is 386 g/mol. The fraction of sp³-hybridized carbons (Fsp3) is 0.167. The topological polar surface area (TPSA) is 131 Å². The van der Waals surface area contributed by atoms with Crippen molar-refractivity contribution in [2.75, 3.05) is 6.61 Å². The van der Waals surface area contributed by atoms with Crippen LogP contribution in [-0.4, -0.2) is 22.7 Å². The predicted octanol–water partition coefficient (Wildman–Crippen LogP) is 2.57. The van der Waals surface area contributed by atoms with Gasteiger partial charge in [-0.2, -0.15) is 0 Å². The molecular formula is C18H14N2O8. The molecule has 10 heteroatoms. The molecule has 10 nitrogen and oxygen atoms in total. The second-order valence-electron chi connectivity index (χ2n) is 5.82. The van der Waals surface area contributed by atoms with Crippen molar-refractivity contribution in [3.63, 3.8) is 0 Å². The minimum atomic E-state index is -0.872. The minimum absolute atomic E-state index is 0.102. The molecule has 0 aliphatic carbocycles. The number of hydrogen-bond acceptors (Lipinski definition) is 8. The molecule has 2 aromatic carbocycles. The first-order valence-electron chi connectivity index (χ1n) is 8.07. The van der Waals surface area contributed by atoms with Gasteiger partial charge in [-0.15, -0.1) is 20.2 Å². The zero-order valence-electron chi connectivity index (χ0n) is 14.4. The zero-order chi connectivity index (χ0) is 20.1. The van der Waals surface area contributed by atoms with E-state index in [4.69, 9.17) is 4.74 Å². The van der Waals surface area contributed by atoms with Gasteiger partial charge in [-0.05, 0) is 22.3 Å². The van der Waals surface area contributed by atoms with E-state index in [1.54, 1.807) is 48.5 Å². The van der Waals surface area contributed by atoms with Crippen LogP contribution in [0.3, 0.4) is 0 Å². The Kier molecular flexibility index (Phi) is 5.49. The highest BCUT2D eigenvalue weighted by molar-refractivity contribution is 6.27. The summed E-state index contributed by atoms with van der Waals surface area (Å²) in [6.45, 7) is -0.245. The van der Waals surface area contributed by atoms with E-state index in [1.165, 1.54) is 0 Å². The normalized spacial score (nSPS) is 13.2. The van der Waals surface area contributed by atoms with Crippen LogP contribution in [0.2, 0.25) is 0 Å². The Morgan fingerprint density at radius 3 is 1.75 bits per heavy atom. The summed E-state index contributed by atoms with van der Waals surface area (Å²) in [7, 11) is 0. The van der Waals surface area contributed by atoms with E-state index in [1.807, 2.05) is 0 Å². The van der Waals surface area contributed by atoms with Crippen LogP contribution in [-0.2, 0) is 32.4 Å². The maximum absolute atomic E-state index is 12.2. The highest BCUT2D eigenvalue weighted by Crippen LogP contribution is 2.33. The van der Waals surface area contributed by atoms with Crippen LogP contribution >= 0.6 is 0 Å². The Morgan fingerprint density at radius 1 is 0.821 bits per heavy atom. The lowest BCUT2D eigenvalue weighted by molar-refractivity contribution is -0.763. The number of hydrogen-bond donors (Lipinski definition) is 0. The number of ether oxygens (including phenoxy) is 1. The number of esters is 1. The molecule has 0 N–H and O–H groups in total. The zero-order valence-corrected chi connectivity index (χ0v) is 14.4. The third-order valence-corrected chi connectivity index (χ3v) is 4.07. The molecule has 28 heavy (non-hydrogen) atoms. The van der Waals surface area contributed by atoms with Crippen molar-refractivity contribution in [1.82, 2.24) is 0 Å². The van der Waals surface area contributed by atoms with E-state index in [0.717, 1.165) is 5.56 Å². The van der Waals surface area contributed by atoms with E-state index >= 15 is 0 Å². The van der Waals surface area contributed by atoms with Gasteiger partial charge in [0.15, 0.2) is 0 Å². The molecule has 0 fully saturated rings. The maximum atomic E-state index is 12.2. The molecule has 1 aliphatic heterocycles. The lowest BCUT2D eigenvalue weighted by Crippen LogP contribution is -2.01. The largest absolute Gasteiger partial charge is 0.457 e. The lowest BCUT2D eigenvalue weighted by atomic mass is 9.95. The first kappa shape index (κ1) is 18.8. The third-order valence-electron chi connectivity index (χ3n) is 4.07. The molecule has 2 aromatic rings. The maximum Gasteiger partial charge on any atom is 0.339 e. The fourth-order valence-corrected chi connectivity index (χ4v) is 2.75. The first-order chi connectivity index (χ1) is 13.4. The Labute approximate surface area is 158 Å². The van der Waals surface area contributed by atoms with E-state index in [0.29, 0.717) is 27.8 Å². The molecule has 0 saturated carbocycles. The van der Waals surface area contributed by atoms with Crippen LogP contribution in [0.15, 0.2) is 48.5 Å².